The minimum Gasteiger partial charge on any atom is -0.309 e. The van der Waals surface area contributed by atoms with E-state index in [2.05, 4.69) is 191 Å². The van der Waals surface area contributed by atoms with Crippen molar-refractivity contribution in [3.05, 3.63) is 200 Å². The molecule has 4 heterocycles. The van der Waals surface area contributed by atoms with E-state index in [0.717, 1.165) is 49.9 Å². The van der Waals surface area contributed by atoms with Crippen LogP contribution in [-0.2, 0) is 0 Å². The zero-order valence-corrected chi connectivity index (χ0v) is 33.3. The lowest BCUT2D eigenvalue weighted by molar-refractivity contribution is 1.07. The maximum absolute atomic E-state index is 5.30. The largest absolute Gasteiger partial charge is 0.309 e. The molecule has 0 atom stereocenters. The van der Waals surface area contributed by atoms with Gasteiger partial charge in [-0.2, -0.15) is 0 Å². The van der Waals surface area contributed by atoms with Gasteiger partial charge >= 0.3 is 0 Å². The summed E-state index contributed by atoms with van der Waals surface area (Å²) in [4.78, 5) is 15.7. The van der Waals surface area contributed by atoms with Crippen molar-refractivity contribution in [2.24, 2.45) is 0 Å². The standard InChI is InChI=1S/C57H33N5/c1-3-12-34(13-4-1)41-31-42(57-59-55(38-15-5-2-6-16-38)58-56(60-57)40-23-22-35-14-7-8-17-39(35)30-40)33-43(32-41)61-48-28-25-36-18-11-21-47-50(36)52(48)53-49(61)29-26-37-24-27-45-44-19-9-10-20-46(44)62(47)54(45)51(37)53/h1-33H. The van der Waals surface area contributed by atoms with Crippen molar-refractivity contribution >= 4 is 81.4 Å². The van der Waals surface area contributed by atoms with Crippen molar-refractivity contribution in [1.82, 2.24) is 23.9 Å². The van der Waals surface area contributed by atoms with E-state index in [4.69, 9.17) is 15.0 Å². The molecule has 0 aliphatic carbocycles. The Morgan fingerprint density at radius 3 is 1.68 bits per heavy atom. The second-order valence-electron chi connectivity index (χ2n) is 16.4. The maximum atomic E-state index is 5.30. The first kappa shape index (κ1) is 33.4. The van der Waals surface area contributed by atoms with Gasteiger partial charge in [-0.1, -0.05) is 152 Å². The van der Waals surface area contributed by atoms with Gasteiger partial charge in [0.25, 0.3) is 0 Å². The second kappa shape index (κ2) is 12.6. The average Bonchev–Trinajstić information content (AvgIpc) is 3.82. The molecule has 286 valence electrons. The highest BCUT2D eigenvalue weighted by Crippen LogP contribution is 2.48. The molecule has 5 heteroatoms. The SMILES string of the molecule is c1ccc(-c2cc(-c3nc(-c4ccccc4)nc(-c4ccc5ccccc5c4)n3)cc(-n3c4ccc5cccc6c5c4c4c5c(ccc7c8ccccc8n6c75)ccc43)c2)cc1. The summed E-state index contributed by atoms with van der Waals surface area (Å²) in [7, 11) is 0. The molecule has 14 rings (SSSR count). The van der Waals surface area contributed by atoms with E-state index in [1.165, 1.54) is 65.0 Å². The lowest BCUT2D eigenvalue weighted by Gasteiger charge is -2.15. The molecular weight excluding hydrogens is 755 g/mol. The highest BCUT2D eigenvalue weighted by molar-refractivity contribution is 6.37. The van der Waals surface area contributed by atoms with Crippen LogP contribution in [0.2, 0.25) is 0 Å². The Hall–Kier alpha value is -8.41. The van der Waals surface area contributed by atoms with E-state index in [1.54, 1.807) is 0 Å². The molecule has 10 aromatic carbocycles. The molecule has 0 radical (unpaired) electrons. The Morgan fingerprint density at radius 1 is 0.290 bits per heavy atom. The summed E-state index contributed by atoms with van der Waals surface area (Å²) in [5, 5.41) is 12.4. The van der Waals surface area contributed by atoms with Crippen molar-refractivity contribution in [3.63, 3.8) is 0 Å². The predicted octanol–water partition coefficient (Wildman–Crippen LogP) is 14.5. The van der Waals surface area contributed by atoms with Crippen LogP contribution >= 0.6 is 0 Å². The third kappa shape index (κ3) is 4.70. The molecule has 4 aromatic heterocycles. The lowest BCUT2D eigenvalue weighted by atomic mass is 9.98. The van der Waals surface area contributed by atoms with Crippen molar-refractivity contribution in [1.29, 1.82) is 0 Å². The third-order valence-corrected chi connectivity index (χ3v) is 13.0. The topological polar surface area (TPSA) is 48.0 Å². The normalized spacial score (nSPS) is 12.2. The van der Waals surface area contributed by atoms with Gasteiger partial charge in [0.15, 0.2) is 17.5 Å². The highest BCUT2D eigenvalue weighted by Gasteiger charge is 2.25. The molecule has 5 nitrogen and oxygen atoms in total. The first-order valence-corrected chi connectivity index (χ1v) is 21.1. The number of rotatable bonds is 5. The van der Waals surface area contributed by atoms with Gasteiger partial charge in [0, 0.05) is 54.7 Å². The minimum atomic E-state index is 0.618. The first-order valence-electron chi connectivity index (χ1n) is 21.1. The van der Waals surface area contributed by atoms with Crippen LogP contribution in [0.4, 0.5) is 0 Å². The molecule has 0 saturated heterocycles. The average molecular weight is 788 g/mol. The fourth-order valence-electron chi connectivity index (χ4n) is 10.3. The number of nitrogens with zero attached hydrogens (tertiary/aromatic N) is 5. The van der Waals surface area contributed by atoms with E-state index in [1.807, 2.05) is 18.2 Å². The second-order valence-corrected chi connectivity index (χ2v) is 16.4. The van der Waals surface area contributed by atoms with Gasteiger partial charge in [0.2, 0.25) is 0 Å². The zero-order valence-electron chi connectivity index (χ0n) is 33.3. The smallest absolute Gasteiger partial charge is 0.164 e. The molecule has 0 bridgehead atoms. The number of para-hydroxylation sites is 1. The monoisotopic (exact) mass is 787 g/mol. The molecule has 0 amide bonds. The van der Waals surface area contributed by atoms with E-state index in [-0.39, 0.29) is 0 Å². The Morgan fingerprint density at radius 2 is 0.871 bits per heavy atom. The van der Waals surface area contributed by atoms with Crippen molar-refractivity contribution < 1.29 is 0 Å². The molecule has 0 aliphatic heterocycles. The summed E-state index contributed by atoms with van der Waals surface area (Å²) in [6.07, 6.45) is 0. The van der Waals surface area contributed by atoms with Crippen LogP contribution in [0.15, 0.2) is 200 Å². The van der Waals surface area contributed by atoms with E-state index in [9.17, 15) is 0 Å². The fraction of sp³-hybridized carbons (Fsp3) is 0. The number of fused-ring (bicyclic) bond motifs is 5. The summed E-state index contributed by atoms with van der Waals surface area (Å²) in [6, 6.07) is 72.0. The van der Waals surface area contributed by atoms with E-state index < -0.39 is 0 Å². The van der Waals surface area contributed by atoms with Gasteiger partial charge in [-0.3, -0.25) is 0 Å². The quantitative estimate of drug-likeness (QED) is 0.175. The van der Waals surface area contributed by atoms with Crippen LogP contribution in [0.5, 0.6) is 0 Å². The van der Waals surface area contributed by atoms with Crippen molar-refractivity contribution in [2.45, 2.75) is 0 Å². The molecule has 0 saturated carbocycles. The van der Waals surface area contributed by atoms with E-state index >= 15 is 0 Å². The molecular formula is C57H33N5. The highest BCUT2D eigenvalue weighted by atomic mass is 15.0. The Bertz CT molecular complexity index is 4090. The minimum absolute atomic E-state index is 0.618. The van der Waals surface area contributed by atoms with Crippen LogP contribution in [0.25, 0.3) is 132 Å². The Balaban J connectivity index is 1.10. The van der Waals surface area contributed by atoms with Crippen molar-refractivity contribution in [3.8, 4) is 51.0 Å². The molecule has 0 aliphatic rings. The van der Waals surface area contributed by atoms with Crippen molar-refractivity contribution in [2.75, 3.05) is 0 Å². The van der Waals surface area contributed by atoms with Gasteiger partial charge in [-0.15, -0.1) is 0 Å². The van der Waals surface area contributed by atoms with Crippen LogP contribution in [0.1, 0.15) is 0 Å². The summed E-state index contributed by atoms with van der Waals surface area (Å²) < 4.78 is 4.99. The van der Waals surface area contributed by atoms with Crippen LogP contribution < -0.4 is 0 Å². The lowest BCUT2D eigenvalue weighted by Crippen LogP contribution is -2.02. The van der Waals surface area contributed by atoms with E-state index in [0.29, 0.717) is 17.5 Å². The van der Waals surface area contributed by atoms with Gasteiger partial charge in [0.1, 0.15) is 0 Å². The van der Waals surface area contributed by atoms with Crippen LogP contribution in [0.3, 0.4) is 0 Å². The summed E-state index contributed by atoms with van der Waals surface area (Å²) in [5.41, 5.74) is 12.1. The fourth-order valence-corrected chi connectivity index (χ4v) is 10.3. The first-order chi connectivity index (χ1) is 30.7. The molecule has 0 unspecified atom stereocenters. The molecule has 0 spiro atoms. The van der Waals surface area contributed by atoms with Crippen LogP contribution in [0, 0.1) is 0 Å². The predicted molar refractivity (Wildman–Crippen MR) is 257 cm³/mol. The summed E-state index contributed by atoms with van der Waals surface area (Å²) in [5.74, 6) is 1.89. The Labute approximate surface area is 355 Å². The number of hydrogen-bond donors (Lipinski definition) is 0. The summed E-state index contributed by atoms with van der Waals surface area (Å²) >= 11 is 0. The van der Waals surface area contributed by atoms with Gasteiger partial charge in [-0.05, 0) is 81.2 Å². The van der Waals surface area contributed by atoms with Gasteiger partial charge in [0.05, 0.1) is 27.6 Å². The van der Waals surface area contributed by atoms with Gasteiger partial charge < -0.3 is 8.97 Å². The third-order valence-electron chi connectivity index (χ3n) is 13.0. The number of hydrogen-bond acceptors (Lipinski definition) is 3. The molecule has 0 N–H and O–H groups in total. The number of aromatic nitrogens is 5. The Kier molecular flexibility index (Phi) is 6.77. The number of benzene rings is 10. The summed E-state index contributed by atoms with van der Waals surface area (Å²) in [6.45, 7) is 0. The molecule has 0 fully saturated rings. The van der Waals surface area contributed by atoms with Gasteiger partial charge in [-0.25, -0.2) is 15.0 Å². The molecule has 62 heavy (non-hydrogen) atoms. The van der Waals surface area contributed by atoms with Crippen LogP contribution in [-0.4, -0.2) is 23.9 Å². The zero-order chi connectivity index (χ0) is 40.5. The molecule has 14 aromatic rings. The maximum Gasteiger partial charge on any atom is 0.164 e.